The lowest BCUT2D eigenvalue weighted by Crippen LogP contribution is -2.30. The Hall–Kier alpha value is -2.65. The predicted octanol–water partition coefficient (Wildman–Crippen LogP) is 2.09. The average molecular weight is 300 g/mol. The van der Waals surface area contributed by atoms with E-state index in [2.05, 4.69) is 5.32 Å². The molecule has 2 rings (SSSR count). The number of hydrogen-bond acceptors (Lipinski definition) is 5. The Labute approximate surface area is 125 Å². The number of ether oxygens (including phenoxy) is 1. The number of thiophene rings is 1. The van der Waals surface area contributed by atoms with Crippen LogP contribution in [0.4, 0.5) is 0 Å². The van der Waals surface area contributed by atoms with Crippen LogP contribution in [-0.4, -0.2) is 18.4 Å². The molecule has 1 N–H and O–H groups in total. The van der Waals surface area contributed by atoms with E-state index in [9.17, 15) is 9.59 Å². The second-order valence-electron chi connectivity index (χ2n) is 4.09. The first-order valence-electron chi connectivity index (χ1n) is 6.16. The first-order chi connectivity index (χ1) is 10.2. The predicted molar refractivity (Wildman–Crippen MR) is 77.6 cm³/mol. The zero-order valence-corrected chi connectivity index (χ0v) is 11.9. The smallest absolute Gasteiger partial charge is 0.325 e. The zero-order chi connectivity index (χ0) is 15.1. The molecule has 0 aliphatic rings. The van der Waals surface area contributed by atoms with Crippen molar-refractivity contribution in [2.75, 3.05) is 6.54 Å². The van der Waals surface area contributed by atoms with Crippen LogP contribution in [0.15, 0.2) is 41.8 Å². The first kappa shape index (κ1) is 14.8. The number of esters is 1. The van der Waals surface area contributed by atoms with Gasteiger partial charge in [-0.1, -0.05) is 24.3 Å². The summed E-state index contributed by atoms with van der Waals surface area (Å²) in [6.45, 7) is -0.192. The summed E-state index contributed by atoms with van der Waals surface area (Å²) in [5, 5.41) is 13.2. The molecule has 1 aromatic carbocycles. The monoisotopic (exact) mass is 300 g/mol. The highest BCUT2D eigenvalue weighted by Gasteiger charge is 2.10. The maximum atomic E-state index is 11.6. The van der Waals surface area contributed by atoms with E-state index in [0.717, 1.165) is 0 Å². The SMILES string of the molecule is N#Cc1ccccc1COC(=O)CNC(=O)c1cccs1. The minimum atomic E-state index is -0.548. The van der Waals surface area contributed by atoms with Crippen LogP contribution in [0.1, 0.15) is 20.8 Å². The highest BCUT2D eigenvalue weighted by molar-refractivity contribution is 7.12. The molecule has 0 aliphatic heterocycles. The third kappa shape index (κ3) is 4.16. The van der Waals surface area contributed by atoms with Gasteiger partial charge in [0.2, 0.25) is 0 Å². The second-order valence-corrected chi connectivity index (χ2v) is 5.04. The fourth-order valence-corrected chi connectivity index (χ4v) is 2.25. The molecule has 0 bridgehead atoms. The second kappa shape index (κ2) is 7.22. The molecule has 0 radical (unpaired) electrons. The van der Waals surface area contributed by atoms with E-state index >= 15 is 0 Å². The topological polar surface area (TPSA) is 79.2 Å². The Kier molecular flexibility index (Phi) is 5.07. The van der Waals surface area contributed by atoms with E-state index in [-0.39, 0.29) is 19.1 Å². The van der Waals surface area contributed by atoms with Crippen molar-refractivity contribution in [2.24, 2.45) is 0 Å². The Morgan fingerprint density at radius 2 is 2.05 bits per heavy atom. The van der Waals surface area contributed by atoms with Crippen LogP contribution in [0, 0.1) is 11.3 Å². The quantitative estimate of drug-likeness (QED) is 0.858. The van der Waals surface area contributed by atoms with E-state index in [1.54, 1.807) is 41.8 Å². The molecular formula is C15H12N2O3S. The maximum absolute atomic E-state index is 11.6. The van der Waals surface area contributed by atoms with E-state index in [1.807, 2.05) is 6.07 Å². The summed E-state index contributed by atoms with van der Waals surface area (Å²) in [7, 11) is 0. The molecule has 0 saturated carbocycles. The molecule has 6 heteroatoms. The van der Waals surface area contributed by atoms with Crippen molar-refractivity contribution >= 4 is 23.2 Å². The standard InChI is InChI=1S/C15H12N2O3S/c16-8-11-4-1-2-5-12(11)10-20-14(18)9-17-15(19)13-6-3-7-21-13/h1-7H,9-10H2,(H,17,19). The molecule has 0 unspecified atom stereocenters. The molecule has 106 valence electrons. The summed E-state index contributed by atoms with van der Waals surface area (Å²) in [6, 6.07) is 12.3. The van der Waals surface area contributed by atoms with Crippen molar-refractivity contribution in [3.8, 4) is 6.07 Å². The number of nitrogens with zero attached hydrogens (tertiary/aromatic N) is 1. The Morgan fingerprint density at radius 3 is 2.76 bits per heavy atom. The number of benzene rings is 1. The van der Waals surface area contributed by atoms with Gasteiger partial charge >= 0.3 is 5.97 Å². The summed E-state index contributed by atoms with van der Waals surface area (Å²) in [4.78, 5) is 23.7. The van der Waals surface area contributed by atoms with E-state index < -0.39 is 5.97 Å². The van der Waals surface area contributed by atoms with Crippen LogP contribution in [-0.2, 0) is 16.1 Å². The highest BCUT2D eigenvalue weighted by Crippen LogP contribution is 2.09. The minimum absolute atomic E-state index is 0.0113. The van der Waals surface area contributed by atoms with Crippen LogP contribution in [0.5, 0.6) is 0 Å². The van der Waals surface area contributed by atoms with Gasteiger partial charge in [0.05, 0.1) is 16.5 Å². The normalized spacial score (nSPS) is 9.67. The summed E-state index contributed by atoms with van der Waals surface area (Å²) in [5.74, 6) is -0.855. The van der Waals surface area contributed by atoms with Crippen molar-refractivity contribution in [3.63, 3.8) is 0 Å². The lowest BCUT2D eigenvalue weighted by molar-refractivity contribution is -0.143. The number of carbonyl (C=O) groups is 2. The van der Waals surface area contributed by atoms with E-state index in [0.29, 0.717) is 16.0 Å². The third-order valence-electron chi connectivity index (χ3n) is 2.66. The van der Waals surface area contributed by atoms with Gasteiger partial charge in [-0.05, 0) is 17.5 Å². The fraction of sp³-hybridized carbons (Fsp3) is 0.133. The van der Waals surface area contributed by atoms with Gasteiger partial charge in [-0.3, -0.25) is 9.59 Å². The molecule has 5 nitrogen and oxygen atoms in total. The van der Waals surface area contributed by atoms with Crippen molar-refractivity contribution in [1.82, 2.24) is 5.32 Å². The summed E-state index contributed by atoms with van der Waals surface area (Å²) in [5.41, 5.74) is 1.10. The van der Waals surface area contributed by atoms with Crippen molar-refractivity contribution in [3.05, 3.63) is 57.8 Å². The van der Waals surface area contributed by atoms with E-state index in [4.69, 9.17) is 10.00 Å². The molecule has 2 aromatic rings. The summed E-state index contributed by atoms with van der Waals surface area (Å²) < 4.78 is 5.04. The Morgan fingerprint density at radius 1 is 1.24 bits per heavy atom. The number of carbonyl (C=O) groups excluding carboxylic acids is 2. The molecule has 0 aliphatic carbocycles. The molecule has 1 amide bonds. The van der Waals surface area contributed by atoms with Gasteiger partial charge in [-0.2, -0.15) is 5.26 Å². The van der Waals surface area contributed by atoms with Gasteiger partial charge in [-0.25, -0.2) is 0 Å². The van der Waals surface area contributed by atoms with Crippen LogP contribution in [0.2, 0.25) is 0 Å². The lowest BCUT2D eigenvalue weighted by atomic mass is 10.1. The molecule has 0 fully saturated rings. The third-order valence-corrected chi connectivity index (χ3v) is 3.53. The zero-order valence-electron chi connectivity index (χ0n) is 11.0. The van der Waals surface area contributed by atoms with Gasteiger partial charge < -0.3 is 10.1 Å². The lowest BCUT2D eigenvalue weighted by Gasteiger charge is -2.07. The van der Waals surface area contributed by atoms with E-state index in [1.165, 1.54) is 11.3 Å². The molecular weight excluding hydrogens is 288 g/mol. The Balaban J connectivity index is 1.80. The number of hydrogen-bond donors (Lipinski definition) is 1. The largest absolute Gasteiger partial charge is 0.459 e. The maximum Gasteiger partial charge on any atom is 0.325 e. The summed E-state index contributed by atoms with van der Waals surface area (Å²) in [6.07, 6.45) is 0. The number of nitrogens with one attached hydrogen (secondary N) is 1. The first-order valence-corrected chi connectivity index (χ1v) is 7.04. The number of nitriles is 1. The van der Waals surface area contributed by atoms with Gasteiger partial charge in [0.15, 0.2) is 0 Å². The molecule has 21 heavy (non-hydrogen) atoms. The molecule has 0 saturated heterocycles. The van der Waals surface area contributed by atoms with Crippen LogP contribution < -0.4 is 5.32 Å². The molecule has 1 aromatic heterocycles. The number of amides is 1. The van der Waals surface area contributed by atoms with Crippen LogP contribution in [0.3, 0.4) is 0 Å². The van der Waals surface area contributed by atoms with Gasteiger partial charge in [0, 0.05) is 5.56 Å². The van der Waals surface area contributed by atoms with Gasteiger partial charge in [0.1, 0.15) is 13.2 Å². The minimum Gasteiger partial charge on any atom is -0.459 e. The highest BCUT2D eigenvalue weighted by atomic mass is 32.1. The molecule has 0 spiro atoms. The summed E-state index contributed by atoms with van der Waals surface area (Å²) >= 11 is 1.30. The molecule has 0 atom stereocenters. The number of rotatable bonds is 5. The van der Waals surface area contributed by atoms with Crippen LogP contribution >= 0.6 is 11.3 Å². The van der Waals surface area contributed by atoms with Crippen molar-refractivity contribution in [2.45, 2.75) is 6.61 Å². The fourth-order valence-electron chi connectivity index (χ4n) is 1.61. The Bertz CT molecular complexity index is 674. The molecule has 1 heterocycles. The van der Waals surface area contributed by atoms with Crippen molar-refractivity contribution < 1.29 is 14.3 Å². The van der Waals surface area contributed by atoms with Gasteiger partial charge in [0.25, 0.3) is 5.91 Å². The van der Waals surface area contributed by atoms with Crippen LogP contribution in [0.25, 0.3) is 0 Å². The van der Waals surface area contributed by atoms with Gasteiger partial charge in [-0.15, -0.1) is 11.3 Å². The van der Waals surface area contributed by atoms with Crippen molar-refractivity contribution in [1.29, 1.82) is 5.26 Å². The average Bonchev–Trinajstić information content (AvgIpc) is 3.05.